The van der Waals surface area contributed by atoms with Crippen LogP contribution in [0.15, 0.2) is 18.2 Å². The molecule has 1 aromatic carbocycles. The summed E-state index contributed by atoms with van der Waals surface area (Å²) >= 11 is 5.90. The summed E-state index contributed by atoms with van der Waals surface area (Å²) in [4.78, 5) is 12.0. The van der Waals surface area contributed by atoms with E-state index in [0.717, 1.165) is 12.8 Å². The first kappa shape index (κ1) is 18.2. The summed E-state index contributed by atoms with van der Waals surface area (Å²) in [5, 5.41) is 3.03. The number of hydrogen-bond donors (Lipinski definition) is 1. The van der Waals surface area contributed by atoms with Gasteiger partial charge in [0.05, 0.1) is 12.7 Å². The third kappa shape index (κ3) is 5.44. The molecule has 1 saturated heterocycles. The molecule has 0 bridgehead atoms. The molecule has 1 N–H and O–H groups in total. The Kier molecular flexibility index (Phi) is 6.00. The van der Waals surface area contributed by atoms with Crippen molar-refractivity contribution in [1.82, 2.24) is 9.62 Å². The van der Waals surface area contributed by atoms with Crippen LogP contribution in [0.3, 0.4) is 0 Å². The van der Waals surface area contributed by atoms with Crippen molar-refractivity contribution < 1.29 is 17.6 Å². The smallest absolute Gasteiger partial charge is 0.224 e. The second kappa shape index (κ2) is 7.59. The second-order valence-electron chi connectivity index (χ2n) is 5.85. The van der Waals surface area contributed by atoms with Crippen LogP contribution < -0.4 is 5.32 Å². The molecule has 0 aromatic heterocycles. The van der Waals surface area contributed by atoms with Gasteiger partial charge in [0.25, 0.3) is 0 Å². The number of nitrogens with one attached hydrogen (secondary N) is 1. The number of nitrogens with zero attached hydrogens (tertiary/aromatic N) is 1. The molecular weight excluding hydrogens is 343 g/mol. The van der Waals surface area contributed by atoms with Crippen LogP contribution in [0.1, 0.15) is 18.4 Å². The number of halogens is 2. The van der Waals surface area contributed by atoms with Crippen LogP contribution in [0, 0.1) is 11.7 Å². The predicted octanol–water partition coefficient (Wildman–Crippen LogP) is 1.81. The molecule has 2 rings (SSSR count). The Morgan fingerprint density at radius 2 is 2.22 bits per heavy atom. The number of sulfonamides is 1. The van der Waals surface area contributed by atoms with E-state index in [1.807, 2.05) is 0 Å². The monoisotopic (exact) mass is 362 g/mol. The van der Waals surface area contributed by atoms with Gasteiger partial charge >= 0.3 is 0 Å². The summed E-state index contributed by atoms with van der Waals surface area (Å²) in [7, 11) is -3.19. The van der Waals surface area contributed by atoms with Crippen LogP contribution in [0.25, 0.3) is 0 Å². The summed E-state index contributed by atoms with van der Waals surface area (Å²) < 4.78 is 37.6. The molecule has 128 valence electrons. The summed E-state index contributed by atoms with van der Waals surface area (Å²) in [5.41, 5.74) is 0.562. The summed E-state index contributed by atoms with van der Waals surface area (Å²) in [6, 6.07) is 3.93. The van der Waals surface area contributed by atoms with Crippen molar-refractivity contribution in [1.29, 1.82) is 0 Å². The molecule has 0 spiro atoms. The number of hydrogen-bond acceptors (Lipinski definition) is 3. The Hall–Kier alpha value is -1.18. The molecule has 23 heavy (non-hydrogen) atoms. The van der Waals surface area contributed by atoms with E-state index in [9.17, 15) is 17.6 Å². The van der Waals surface area contributed by atoms with E-state index in [4.69, 9.17) is 11.6 Å². The van der Waals surface area contributed by atoms with Crippen molar-refractivity contribution in [3.63, 3.8) is 0 Å². The minimum Gasteiger partial charge on any atom is -0.355 e. The average molecular weight is 363 g/mol. The minimum atomic E-state index is -3.19. The van der Waals surface area contributed by atoms with Gasteiger partial charge in [-0.3, -0.25) is 4.79 Å². The number of rotatable bonds is 5. The highest BCUT2D eigenvalue weighted by Gasteiger charge is 2.26. The lowest BCUT2D eigenvalue weighted by Gasteiger charge is -2.31. The topological polar surface area (TPSA) is 66.5 Å². The van der Waals surface area contributed by atoms with E-state index in [1.54, 1.807) is 0 Å². The van der Waals surface area contributed by atoms with Gasteiger partial charge in [-0.2, -0.15) is 0 Å². The largest absolute Gasteiger partial charge is 0.355 e. The number of piperidine rings is 1. The SMILES string of the molecule is CS(=O)(=O)N1CCCC(CNC(=O)Cc2ccc(F)cc2Cl)C1. The van der Waals surface area contributed by atoms with E-state index in [2.05, 4.69) is 5.32 Å². The molecule has 1 unspecified atom stereocenters. The van der Waals surface area contributed by atoms with Gasteiger partial charge in [-0.25, -0.2) is 17.1 Å². The van der Waals surface area contributed by atoms with Crippen LogP contribution >= 0.6 is 11.6 Å². The molecule has 1 aliphatic rings. The number of benzene rings is 1. The quantitative estimate of drug-likeness (QED) is 0.868. The number of carbonyl (C=O) groups is 1. The lowest BCUT2D eigenvalue weighted by molar-refractivity contribution is -0.120. The average Bonchev–Trinajstić information content (AvgIpc) is 2.47. The van der Waals surface area contributed by atoms with Crippen LogP contribution in [0.4, 0.5) is 4.39 Å². The van der Waals surface area contributed by atoms with Crippen molar-refractivity contribution in [3.8, 4) is 0 Å². The molecule has 1 aromatic rings. The molecule has 1 fully saturated rings. The van der Waals surface area contributed by atoms with Crippen LogP contribution in [0.2, 0.25) is 5.02 Å². The number of carbonyl (C=O) groups excluding carboxylic acids is 1. The molecule has 5 nitrogen and oxygen atoms in total. The minimum absolute atomic E-state index is 0.0711. The Balaban J connectivity index is 1.84. The van der Waals surface area contributed by atoms with Gasteiger partial charge < -0.3 is 5.32 Å². The highest BCUT2D eigenvalue weighted by atomic mass is 35.5. The first-order chi connectivity index (χ1) is 10.8. The Morgan fingerprint density at radius 3 is 2.87 bits per heavy atom. The van der Waals surface area contributed by atoms with E-state index in [-0.39, 0.29) is 23.3 Å². The fraction of sp³-hybridized carbons (Fsp3) is 0.533. The first-order valence-corrected chi connectivity index (χ1v) is 9.64. The lowest BCUT2D eigenvalue weighted by atomic mass is 9.99. The maximum Gasteiger partial charge on any atom is 0.224 e. The van der Waals surface area contributed by atoms with Crippen molar-refractivity contribution in [2.75, 3.05) is 25.9 Å². The fourth-order valence-corrected chi connectivity index (χ4v) is 3.83. The third-order valence-corrected chi connectivity index (χ3v) is 5.53. The van der Waals surface area contributed by atoms with E-state index < -0.39 is 15.8 Å². The van der Waals surface area contributed by atoms with Crippen molar-refractivity contribution in [3.05, 3.63) is 34.6 Å². The summed E-state index contributed by atoms with van der Waals surface area (Å²) in [6.07, 6.45) is 2.94. The van der Waals surface area contributed by atoms with Gasteiger partial charge in [-0.05, 0) is 36.5 Å². The van der Waals surface area contributed by atoms with Gasteiger partial charge in [-0.15, -0.1) is 0 Å². The fourth-order valence-electron chi connectivity index (χ4n) is 2.65. The standard InChI is InChI=1S/C15H20ClFN2O3S/c1-23(21,22)19-6-2-3-11(10-19)9-18-15(20)7-12-4-5-13(17)8-14(12)16/h4-5,8,11H,2-3,6-7,9-10H2,1H3,(H,18,20). The Morgan fingerprint density at radius 1 is 1.48 bits per heavy atom. The van der Waals surface area contributed by atoms with Crippen LogP contribution in [-0.2, 0) is 21.2 Å². The molecule has 0 aliphatic carbocycles. The van der Waals surface area contributed by atoms with Crippen molar-refractivity contribution in [2.24, 2.45) is 5.92 Å². The predicted molar refractivity (Wildman–Crippen MR) is 87.3 cm³/mol. The third-order valence-electron chi connectivity index (χ3n) is 3.90. The van der Waals surface area contributed by atoms with Gasteiger partial charge in [-0.1, -0.05) is 17.7 Å². The maximum absolute atomic E-state index is 13.0. The van der Waals surface area contributed by atoms with Crippen LogP contribution in [-0.4, -0.2) is 44.5 Å². The number of amides is 1. The molecule has 0 radical (unpaired) electrons. The van der Waals surface area contributed by atoms with Gasteiger partial charge in [0.1, 0.15) is 5.82 Å². The lowest BCUT2D eigenvalue weighted by Crippen LogP contribution is -2.43. The molecular formula is C15H20ClFN2O3S. The zero-order chi connectivity index (χ0) is 17.0. The van der Waals surface area contributed by atoms with Crippen molar-refractivity contribution >= 4 is 27.5 Å². The summed E-state index contributed by atoms with van der Waals surface area (Å²) in [5.74, 6) is -0.552. The summed E-state index contributed by atoms with van der Waals surface area (Å²) in [6.45, 7) is 1.38. The highest BCUT2D eigenvalue weighted by molar-refractivity contribution is 7.88. The normalized spacial score (nSPS) is 19.5. The highest BCUT2D eigenvalue weighted by Crippen LogP contribution is 2.19. The Bertz CT molecular complexity index is 681. The molecule has 1 atom stereocenters. The van der Waals surface area contributed by atoms with Gasteiger partial charge in [0, 0.05) is 24.7 Å². The first-order valence-electron chi connectivity index (χ1n) is 7.41. The maximum atomic E-state index is 13.0. The van der Waals surface area contributed by atoms with Crippen LogP contribution in [0.5, 0.6) is 0 Å². The molecule has 1 aliphatic heterocycles. The zero-order valence-corrected chi connectivity index (χ0v) is 14.5. The second-order valence-corrected chi connectivity index (χ2v) is 8.24. The zero-order valence-electron chi connectivity index (χ0n) is 12.9. The molecule has 1 amide bonds. The molecule has 0 saturated carbocycles. The van der Waals surface area contributed by atoms with E-state index in [1.165, 1.54) is 28.8 Å². The van der Waals surface area contributed by atoms with Crippen molar-refractivity contribution in [2.45, 2.75) is 19.3 Å². The van der Waals surface area contributed by atoms with Gasteiger partial charge in [0.2, 0.25) is 15.9 Å². The molecule has 8 heteroatoms. The molecule has 1 heterocycles. The van der Waals surface area contributed by atoms with E-state index >= 15 is 0 Å². The van der Waals surface area contributed by atoms with Gasteiger partial charge in [0.15, 0.2) is 0 Å². The Labute approximate surface area is 140 Å². The van der Waals surface area contributed by atoms with E-state index in [0.29, 0.717) is 25.2 Å².